The molecule has 0 aromatic heterocycles. The minimum Gasteiger partial charge on any atom is -0.389 e. The summed E-state index contributed by atoms with van der Waals surface area (Å²) in [5.74, 6) is 0.796. The predicted octanol–water partition coefficient (Wildman–Crippen LogP) is 3.80. The molecule has 0 amide bonds. The molecule has 0 unspecified atom stereocenters. The number of thioether (sulfide) groups is 2. The number of aliphatic imine (C=N–C) groups is 1. The molecule has 126 valence electrons. The molecule has 0 bridgehead atoms. The summed E-state index contributed by atoms with van der Waals surface area (Å²) < 4.78 is 11.3. The highest BCUT2D eigenvalue weighted by Gasteiger charge is 2.32. The first-order chi connectivity index (χ1) is 11.0. The van der Waals surface area contributed by atoms with Crippen LogP contribution in [0.4, 0.5) is 0 Å². The van der Waals surface area contributed by atoms with Gasteiger partial charge in [-0.2, -0.15) is 0 Å². The lowest BCUT2D eigenvalue weighted by Gasteiger charge is -2.22. The van der Waals surface area contributed by atoms with Crippen LogP contribution in [0.2, 0.25) is 0 Å². The van der Waals surface area contributed by atoms with E-state index in [-0.39, 0.29) is 5.16 Å². The third-order valence-electron chi connectivity index (χ3n) is 3.30. The number of ether oxygens (including phenoxy) is 2. The second kappa shape index (κ2) is 8.99. The average Bonchev–Trinajstić information content (AvgIpc) is 2.98. The first kappa shape index (κ1) is 18.7. The Balaban J connectivity index is 1.98. The number of hydrogen-bond donors (Lipinski definition) is 1. The van der Waals surface area contributed by atoms with E-state index < -0.39 is 5.79 Å². The lowest BCUT2D eigenvalue weighted by atomic mass is 10.1. The van der Waals surface area contributed by atoms with Gasteiger partial charge in [-0.25, -0.2) is 0 Å². The van der Waals surface area contributed by atoms with Crippen LogP contribution in [0.1, 0.15) is 12.5 Å². The Morgan fingerprint density at radius 3 is 2.57 bits per heavy atom. The van der Waals surface area contributed by atoms with Crippen LogP contribution in [0.15, 0.2) is 45.4 Å². The highest BCUT2D eigenvalue weighted by molar-refractivity contribution is 8.00. The van der Waals surface area contributed by atoms with Crippen molar-refractivity contribution in [1.82, 2.24) is 0 Å². The molecule has 1 aromatic rings. The van der Waals surface area contributed by atoms with Gasteiger partial charge in [-0.3, -0.25) is 4.99 Å². The molecule has 0 atom stereocenters. The maximum absolute atomic E-state index is 5.76. The average molecular weight is 373 g/mol. The monoisotopic (exact) mass is 372 g/mol. The summed E-state index contributed by atoms with van der Waals surface area (Å²) in [5, 5.41) is 0.254. The minimum atomic E-state index is -0.621. The Kier molecular flexibility index (Phi) is 7.30. The third-order valence-corrected chi connectivity index (χ3v) is 4.85. The quantitative estimate of drug-likeness (QED) is 0.448. The number of rotatable bonds is 7. The largest absolute Gasteiger partial charge is 0.389 e. The predicted molar refractivity (Wildman–Crippen MR) is 100 cm³/mol. The van der Waals surface area contributed by atoms with E-state index in [1.54, 1.807) is 29.6 Å². The lowest BCUT2D eigenvalue weighted by Crippen LogP contribution is -2.22. The summed E-state index contributed by atoms with van der Waals surface area (Å²) in [6.45, 7) is 3.21. The van der Waals surface area contributed by atoms with Gasteiger partial charge in [0, 0.05) is 21.9 Å². The van der Waals surface area contributed by atoms with Crippen LogP contribution in [0.5, 0.6) is 0 Å². The van der Waals surface area contributed by atoms with Crippen molar-refractivity contribution >= 4 is 40.8 Å². The normalized spacial score (nSPS) is 18.4. The fourth-order valence-electron chi connectivity index (χ4n) is 2.13. The van der Waals surface area contributed by atoms with Crippen LogP contribution in [-0.2, 0) is 15.3 Å². The molecular formula is C16H21ClN2O2S2. The highest BCUT2D eigenvalue weighted by Crippen LogP contribution is 2.32. The molecule has 2 N–H and O–H groups in total. The van der Waals surface area contributed by atoms with Crippen molar-refractivity contribution in [2.75, 3.05) is 31.1 Å². The van der Waals surface area contributed by atoms with E-state index in [4.69, 9.17) is 26.8 Å². The van der Waals surface area contributed by atoms with E-state index in [9.17, 15) is 0 Å². The summed E-state index contributed by atoms with van der Waals surface area (Å²) in [6.07, 6.45) is 3.72. The molecule has 23 heavy (non-hydrogen) atoms. The summed E-state index contributed by atoms with van der Waals surface area (Å²) >= 11 is 9.10. The summed E-state index contributed by atoms with van der Waals surface area (Å²) in [6, 6.07) is 8.21. The summed E-state index contributed by atoms with van der Waals surface area (Å²) in [7, 11) is 0. The van der Waals surface area contributed by atoms with Gasteiger partial charge in [0.05, 0.1) is 19.1 Å². The first-order valence-electron chi connectivity index (χ1n) is 7.20. The molecule has 0 aliphatic carbocycles. The van der Waals surface area contributed by atoms with Gasteiger partial charge in [0.15, 0.2) is 5.79 Å². The standard InChI is InChI=1S/C16H21ClN2O2S2/c1-16(20-7-8-21-16)12-3-5-14(6-4-12)23-10-13(9-15(17)18)19-11-22-2/h3-6,9H,7-8,10-11,18H2,1-2H3/b15-9-,19-13+. The second-order valence-corrected chi connectivity index (χ2v) is 7.37. The van der Waals surface area contributed by atoms with Gasteiger partial charge in [-0.05, 0) is 31.4 Å². The van der Waals surface area contributed by atoms with E-state index in [1.807, 2.05) is 25.3 Å². The van der Waals surface area contributed by atoms with Gasteiger partial charge in [-0.1, -0.05) is 23.7 Å². The molecule has 1 aliphatic rings. The number of benzene rings is 1. The van der Waals surface area contributed by atoms with E-state index in [0.717, 1.165) is 21.9 Å². The molecule has 7 heteroatoms. The van der Waals surface area contributed by atoms with Crippen molar-refractivity contribution < 1.29 is 9.47 Å². The molecule has 0 spiro atoms. The van der Waals surface area contributed by atoms with Crippen molar-refractivity contribution in [1.29, 1.82) is 0 Å². The molecule has 1 aromatic carbocycles. The SMILES string of the molecule is CSC/N=C(\C=C(/N)Cl)CSc1ccc(C2(C)OCCO2)cc1. The molecule has 1 heterocycles. The Morgan fingerprint density at radius 1 is 1.35 bits per heavy atom. The van der Waals surface area contributed by atoms with Gasteiger partial charge in [0.25, 0.3) is 0 Å². The Hall–Kier alpha value is -0.660. The van der Waals surface area contributed by atoms with E-state index in [2.05, 4.69) is 17.1 Å². The van der Waals surface area contributed by atoms with Crippen LogP contribution in [0.25, 0.3) is 0 Å². The number of allylic oxidation sites excluding steroid dienone is 1. The van der Waals surface area contributed by atoms with Gasteiger partial charge in [0.1, 0.15) is 5.16 Å². The fourth-order valence-corrected chi connectivity index (χ4v) is 3.37. The first-order valence-corrected chi connectivity index (χ1v) is 9.95. The second-order valence-electron chi connectivity index (χ2n) is 5.05. The third kappa shape index (κ3) is 5.72. The fraction of sp³-hybridized carbons (Fsp3) is 0.438. The number of nitrogens with two attached hydrogens (primary N) is 1. The van der Waals surface area contributed by atoms with Crippen LogP contribution in [0, 0.1) is 0 Å². The Morgan fingerprint density at radius 2 is 2.00 bits per heavy atom. The van der Waals surface area contributed by atoms with Crippen molar-refractivity contribution in [2.45, 2.75) is 17.6 Å². The molecule has 1 saturated heterocycles. The lowest BCUT2D eigenvalue weighted by molar-refractivity contribution is -0.149. The number of hydrogen-bond acceptors (Lipinski definition) is 6. The number of nitrogens with zero attached hydrogens (tertiary/aromatic N) is 1. The zero-order chi connectivity index (χ0) is 16.7. The Bertz CT molecular complexity index is 566. The van der Waals surface area contributed by atoms with E-state index >= 15 is 0 Å². The van der Waals surface area contributed by atoms with Crippen LogP contribution >= 0.6 is 35.1 Å². The smallest absolute Gasteiger partial charge is 0.192 e. The zero-order valence-electron chi connectivity index (χ0n) is 13.3. The maximum Gasteiger partial charge on any atom is 0.192 e. The van der Waals surface area contributed by atoms with Crippen LogP contribution < -0.4 is 5.73 Å². The summed E-state index contributed by atoms with van der Waals surface area (Å²) in [4.78, 5) is 5.61. The molecule has 4 nitrogen and oxygen atoms in total. The topological polar surface area (TPSA) is 56.8 Å². The van der Waals surface area contributed by atoms with Crippen molar-refractivity contribution in [2.24, 2.45) is 10.7 Å². The molecule has 0 radical (unpaired) electrons. The van der Waals surface area contributed by atoms with Crippen molar-refractivity contribution in [3.63, 3.8) is 0 Å². The van der Waals surface area contributed by atoms with Crippen LogP contribution in [0.3, 0.4) is 0 Å². The van der Waals surface area contributed by atoms with Crippen LogP contribution in [-0.4, -0.2) is 36.8 Å². The van der Waals surface area contributed by atoms with Gasteiger partial charge in [-0.15, -0.1) is 23.5 Å². The van der Waals surface area contributed by atoms with Gasteiger partial charge >= 0.3 is 0 Å². The zero-order valence-corrected chi connectivity index (χ0v) is 15.6. The van der Waals surface area contributed by atoms with Crippen molar-refractivity contribution in [3.8, 4) is 0 Å². The van der Waals surface area contributed by atoms with Gasteiger partial charge in [0.2, 0.25) is 0 Å². The highest BCUT2D eigenvalue weighted by atomic mass is 35.5. The van der Waals surface area contributed by atoms with E-state index in [0.29, 0.717) is 19.1 Å². The molecule has 2 rings (SSSR count). The Labute approximate surface area is 150 Å². The molecule has 1 fully saturated rings. The number of halogens is 1. The van der Waals surface area contributed by atoms with Crippen molar-refractivity contribution in [3.05, 3.63) is 41.1 Å². The van der Waals surface area contributed by atoms with E-state index in [1.165, 1.54) is 0 Å². The maximum atomic E-state index is 5.76. The molecule has 1 aliphatic heterocycles. The summed E-state index contributed by atoms with van der Waals surface area (Å²) in [5.41, 5.74) is 7.45. The molecule has 0 saturated carbocycles. The van der Waals surface area contributed by atoms with Gasteiger partial charge < -0.3 is 15.2 Å². The molecular weight excluding hydrogens is 352 g/mol. The minimum absolute atomic E-state index is 0.254.